The highest BCUT2D eigenvalue weighted by Gasteiger charge is 2.26. The average Bonchev–Trinajstić information content (AvgIpc) is 3.15. The monoisotopic (exact) mass is 431 g/mol. The van der Waals surface area contributed by atoms with Crippen molar-refractivity contribution in [1.29, 1.82) is 0 Å². The van der Waals surface area contributed by atoms with Crippen molar-refractivity contribution < 1.29 is 14.3 Å². The van der Waals surface area contributed by atoms with Gasteiger partial charge in [-0.1, -0.05) is 30.3 Å². The lowest BCUT2D eigenvalue weighted by Crippen LogP contribution is -2.50. The summed E-state index contributed by atoms with van der Waals surface area (Å²) in [5, 5.41) is 7.13. The third kappa shape index (κ3) is 6.24. The van der Waals surface area contributed by atoms with Crippen LogP contribution in [0.4, 0.5) is 0 Å². The molecule has 1 aromatic heterocycles. The Balaban J connectivity index is 1.32. The van der Waals surface area contributed by atoms with Gasteiger partial charge in [0, 0.05) is 58.3 Å². The van der Waals surface area contributed by atoms with Gasteiger partial charge in [0.15, 0.2) is 0 Å². The second kappa shape index (κ2) is 11.0. The van der Waals surface area contributed by atoms with Gasteiger partial charge in [-0.05, 0) is 5.56 Å². The van der Waals surface area contributed by atoms with Crippen LogP contribution in [0, 0.1) is 0 Å². The fraction of sp³-hybridized carbons (Fsp3) is 0.476. The van der Waals surface area contributed by atoms with Gasteiger partial charge in [-0.25, -0.2) is 0 Å². The fourth-order valence-electron chi connectivity index (χ4n) is 3.35. The predicted molar refractivity (Wildman–Crippen MR) is 118 cm³/mol. The van der Waals surface area contributed by atoms with E-state index in [1.54, 1.807) is 29.7 Å². The lowest BCUT2D eigenvalue weighted by atomic mass is 10.2. The highest BCUT2D eigenvalue weighted by Crippen LogP contribution is 2.18. The molecular formula is C21H29N5O3S. The number of benzene rings is 1. The molecule has 0 unspecified atom stereocenters. The lowest BCUT2D eigenvalue weighted by Gasteiger charge is -2.34. The number of ether oxygens (including phenoxy) is 1. The molecule has 0 radical (unpaired) electrons. The number of amides is 2. The van der Waals surface area contributed by atoms with E-state index < -0.39 is 0 Å². The minimum atomic E-state index is -0.0525. The molecule has 162 valence electrons. The number of thioether (sulfide) groups is 1. The van der Waals surface area contributed by atoms with Crippen LogP contribution in [-0.2, 0) is 17.6 Å². The molecule has 1 fully saturated rings. The largest absolute Gasteiger partial charge is 0.479 e. The first kappa shape index (κ1) is 22.2. The molecule has 2 heterocycles. The molecule has 1 aliphatic rings. The van der Waals surface area contributed by atoms with Crippen LogP contribution in [0.3, 0.4) is 0 Å². The number of carbonyl (C=O) groups excluding carboxylic acids is 2. The number of rotatable bonds is 9. The molecule has 8 nitrogen and oxygen atoms in total. The minimum Gasteiger partial charge on any atom is -0.479 e. The second-order valence-electron chi connectivity index (χ2n) is 7.19. The molecule has 2 aromatic rings. The molecule has 1 aromatic carbocycles. The van der Waals surface area contributed by atoms with Crippen molar-refractivity contribution in [3.05, 3.63) is 47.7 Å². The highest BCUT2D eigenvalue weighted by molar-refractivity contribution is 7.99. The number of carbonyl (C=O) groups is 2. The number of hydrogen-bond donors (Lipinski definition) is 1. The maximum atomic E-state index is 12.7. The summed E-state index contributed by atoms with van der Waals surface area (Å²) in [6.07, 6.45) is 1.69. The SMILES string of the molecule is COc1nn(C)cc1C(=O)N1CCN(CCNC(=O)CSCc2ccccc2)CC1. The van der Waals surface area contributed by atoms with Crippen LogP contribution in [0.2, 0.25) is 0 Å². The van der Waals surface area contributed by atoms with E-state index in [1.807, 2.05) is 23.1 Å². The summed E-state index contributed by atoms with van der Waals surface area (Å²) in [6, 6.07) is 10.2. The van der Waals surface area contributed by atoms with E-state index in [9.17, 15) is 9.59 Å². The molecule has 1 N–H and O–H groups in total. The van der Waals surface area contributed by atoms with Gasteiger partial charge >= 0.3 is 0 Å². The number of nitrogens with one attached hydrogen (secondary N) is 1. The first-order valence-electron chi connectivity index (χ1n) is 10.0. The van der Waals surface area contributed by atoms with Crippen molar-refractivity contribution in [3.63, 3.8) is 0 Å². The van der Waals surface area contributed by atoms with Crippen molar-refractivity contribution >= 4 is 23.6 Å². The zero-order valence-corrected chi connectivity index (χ0v) is 18.4. The molecule has 1 aliphatic heterocycles. The van der Waals surface area contributed by atoms with Crippen molar-refractivity contribution in [3.8, 4) is 5.88 Å². The number of piperazine rings is 1. The van der Waals surface area contributed by atoms with Crippen molar-refractivity contribution in [1.82, 2.24) is 24.9 Å². The van der Waals surface area contributed by atoms with E-state index in [1.165, 1.54) is 12.7 Å². The van der Waals surface area contributed by atoms with Crippen molar-refractivity contribution in [2.24, 2.45) is 7.05 Å². The van der Waals surface area contributed by atoms with Crippen LogP contribution in [0.15, 0.2) is 36.5 Å². The molecule has 0 saturated carbocycles. The smallest absolute Gasteiger partial charge is 0.261 e. The molecule has 0 atom stereocenters. The normalized spacial score (nSPS) is 14.5. The Hall–Kier alpha value is -2.52. The Morgan fingerprint density at radius 2 is 1.90 bits per heavy atom. The number of hydrogen-bond acceptors (Lipinski definition) is 6. The molecule has 3 rings (SSSR count). The molecule has 2 amide bonds. The topological polar surface area (TPSA) is 79.7 Å². The molecule has 0 aliphatic carbocycles. The molecular weight excluding hydrogens is 402 g/mol. The quantitative estimate of drug-likeness (QED) is 0.644. The third-order valence-corrected chi connectivity index (χ3v) is 5.98. The van der Waals surface area contributed by atoms with Crippen molar-refractivity contribution in [2.45, 2.75) is 5.75 Å². The zero-order valence-electron chi connectivity index (χ0n) is 17.5. The van der Waals surface area contributed by atoms with Gasteiger partial charge in [0.2, 0.25) is 11.8 Å². The Bertz CT molecular complexity index is 834. The van der Waals surface area contributed by atoms with E-state index >= 15 is 0 Å². The Morgan fingerprint density at radius 3 is 2.60 bits per heavy atom. The van der Waals surface area contributed by atoms with Gasteiger partial charge in [-0.2, -0.15) is 0 Å². The third-order valence-electron chi connectivity index (χ3n) is 4.97. The van der Waals surface area contributed by atoms with Crippen LogP contribution in [0.25, 0.3) is 0 Å². The minimum absolute atomic E-state index is 0.0525. The van der Waals surface area contributed by atoms with Crippen LogP contribution in [0.1, 0.15) is 15.9 Å². The maximum Gasteiger partial charge on any atom is 0.261 e. The zero-order chi connectivity index (χ0) is 21.3. The standard InChI is InChI=1S/C21H29N5O3S/c1-24-14-18(20(23-24)29-2)21(28)26-12-10-25(11-13-26)9-8-22-19(27)16-30-15-17-6-4-3-5-7-17/h3-7,14H,8-13,15-16H2,1-2H3,(H,22,27). The van der Waals surface area contributed by atoms with Crippen LogP contribution in [0.5, 0.6) is 5.88 Å². The summed E-state index contributed by atoms with van der Waals surface area (Å²) in [5.74, 6) is 1.67. The van der Waals surface area contributed by atoms with Crippen molar-refractivity contribution in [2.75, 3.05) is 52.1 Å². The van der Waals surface area contributed by atoms with Gasteiger partial charge in [0.1, 0.15) is 5.56 Å². The van der Waals surface area contributed by atoms with Crippen LogP contribution >= 0.6 is 11.8 Å². The van der Waals surface area contributed by atoms with E-state index in [-0.39, 0.29) is 11.8 Å². The number of methoxy groups -OCH3 is 1. The van der Waals surface area contributed by atoms with E-state index in [0.29, 0.717) is 36.8 Å². The van der Waals surface area contributed by atoms with Crippen LogP contribution in [-0.4, -0.2) is 83.5 Å². The predicted octanol–water partition coefficient (Wildman–Crippen LogP) is 1.24. The fourth-order valence-corrected chi connectivity index (χ4v) is 4.17. The van der Waals surface area contributed by atoms with Gasteiger partial charge < -0.3 is 15.0 Å². The van der Waals surface area contributed by atoms with Gasteiger partial charge in [0.25, 0.3) is 5.91 Å². The van der Waals surface area contributed by atoms with E-state index in [0.717, 1.165) is 25.4 Å². The summed E-state index contributed by atoms with van der Waals surface area (Å²) in [7, 11) is 3.29. The summed E-state index contributed by atoms with van der Waals surface area (Å²) in [4.78, 5) is 28.8. The molecule has 1 saturated heterocycles. The number of aryl methyl sites for hydroxylation is 1. The number of nitrogens with zero attached hydrogens (tertiary/aromatic N) is 4. The Kier molecular flexibility index (Phi) is 8.15. The summed E-state index contributed by atoms with van der Waals surface area (Å²) < 4.78 is 6.78. The first-order chi connectivity index (χ1) is 14.6. The summed E-state index contributed by atoms with van der Waals surface area (Å²) in [5.41, 5.74) is 1.72. The Labute approximate surface area is 181 Å². The van der Waals surface area contributed by atoms with Gasteiger partial charge in [-0.3, -0.25) is 19.2 Å². The average molecular weight is 432 g/mol. The highest BCUT2D eigenvalue weighted by atomic mass is 32.2. The maximum absolute atomic E-state index is 12.7. The van der Waals surface area contributed by atoms with Crippen LogP contribution < -0.4 is 10.1 Å². The second-order valence-corrected chi connectivity index (χ2v) is 8.17. The summed E-state index contributed by atoms with van der Waals surface area (Å²) >= 11 is 1.62. The van der Waals surface area contributed by atoms with Gasteiger partial charge in [0.05, 0.1) is 12.9 Å². The molecule has 30 heavy (non-hydrogen) atoms. The molecule has 9 heteroatoms. The Morgan fingerprint density at radius 1 is 1.17 bits per heavy atom. The van der Waals surface area contributed by atoms with E-state index in [4.69, 9.17) is 4.74 Å². The number of aromatic nitrogens is 2. The first-order valence-corrected chi connectivity index (χ1v) is 11.2. The summed E-state index contributed by atoms with van der Waals surface area (Å²) in [6.45, 7) is 4.28. The van der Waals surface area contributed by atoms with E-state index in [2.05, 4.69) is 27.4 Å². The van der Waals surface area contributed by atoms with Gasteiger partial charge in [-0.15, -0.1) is 16.9 Å². The lowest BCUT2D eigenvalue weighted by molar-refractivity contribution is -0.118. The molecule has 0 spiro atoms. The molecule has 0 bridgehead atoms.